The summed E-state index contributed by atoms with van der Waals surface area (Å²) in [5.74, 6) is 0.406. The first kappa shape index (κ1) is 24.9. The molecular weight excluding hydrogens is 420 g/mol. The van der Waals surface area contributed by atoms with Crippen LogP contribution in [0.4, 0.5) is 0 Å². The average molecular weight is 461 g/mol. The zero-order chi connectivity index (χ0) is 23.6. The minimum Gasteiger partial charge on any atom is -0.481 e. The first-order chi connectivity index (χ1) is 15.0. The fourth-order valence-corrected chi connectivity index (χ4v) is 5.25. The number of hydrogen-bond acceptors (Lipinski definition) is 6. The summed E-state index contributed by atoms with van der Waals surface area (Å²) in [6.07, 6.45) is 8.34. The third-order valence-corrected chi connectivity index (χ3v) is 11.8. The highest BCUT2D eigenvalue weighted by Crippen LogP contribution is 2.45. The van der Waals surface area contributed by atoms with Crippen LogP contribution in [0.25, 0.3) is 5.57 Å². The number of carbonyl (C=O) groups is 1. The molecule has 1 aromatic rings. The van der Waals surface area contributed by atoms with Gasteiger partial charge in [0, 0.05) is 30.5 Å². The van der Waals surface area contributed by atoms with Crippen LogP contribution in [0.5, 0.6) is 5.88 Å². The number of pyridine rings is 1. The Morgan fingerprint density at radius 3 is 2.69 bits per heavy atom. The van der Waals surface area contributed by atoms with E-state index in [1.807, 2.05) is 12.3 Å². The molecule has 2 aliphatic rings. The summed E-state index contributed by atoms with van der Waals surface area (Å²) in [5, 5.41) is 3.68. The van der Waals surface area contributed by atoms with Crippen LogP contribution < -0.4 is 10.1 Å². The summed E-state index contributed by atoms with van der Waals surface area (Å²) in [4.78, 5) is 17.7. The molecule has 3 heterocycles. The van der Waals surface area contributed by atoms with Crippen LogP contribution in [0.2, 0.25) is 18.1 Å². The number of nitrogens with one attached hydrogen (secondary N) is 1. The summed E-state index contributed by atoms with van der Waals surface area (Å²) in [5.41, 5.74) is 2.31. The minimum absolute atomic E-state index is 0.162. The second kappa shape index (κ2) is 9.65. The Bertz CT molecular complexity index is 862. The van der Waals surface area contributed by atoms with Gasteiger partial charge in [0.25, 0.3) is 0 Å². The smallest absolute Gasteiger partial charge is 0.331 e. The molecule has 1 N–H and O–H groups in total. The van der Waals surface area contributed by atoms with Crippen molar-refractivity contribution < 1.29 is 18.7 Å². The number of rotatable bonds is 10. The van der Waals surface area contributed by atoms with Crippen LogP contribution in [-0.2, 0) is 20.4 Å². The van der Waals surface area contributed by atoms with Gasteiger partial charge in [0.1, 0.15) is 5.54 Å². The third-order valence-electron chi connectivity index (χ3n) is 7.27. The molecule has 178 valence electrons. The second-order valence-corrected chi connectivity index (χ2v) is 15.3. The Morgan fingerprint density at radius 2 is 2.06 bits per heavy atom. The second-order valence-electron chi connectivity index (χ2n) is 10.5. The molecule has 7 heteroatoms. The molecule has 0 aromatic carbocycles. The zero-order valence-corrected chi connectivity index (χ0v) is 21.8. The SMILES string of the molecule is CCCCOC(=O)C12CCC(C=C1c1cnc(OC)cc1CCO[Si](C)(C)C(C)(C)C)N2. The topological polar surface area (TPSA) is 69.7 Å². The van der Waals surface area contributed by atoms with E-state index in [4.69, 9.17) is 13.9 Å². The Labute approximate surface area is 194 Å². The van der Waals surface area contributed by atoms with E-state index in [0.717, 1.165) is 48.8 Å². The lowest BCUT2D eigenvalue weighted by atomic mass is 9.80. The van der Waals surface area contributed by atoms with E-state index in [-0.39, 0.29) is 17.0 Å². The molecule has 0 amide bonds. The molecule has 1 saturated heterocycles. The molecule has 0 saturated carbocycles. The van der Waals surface area contributed by atoms with Gasteiger partial charge in [0.15, 0.2) is 8.32 Å². The normalized spacial score (nSPS) is 22.7. The summed E-state index contributed by atoms with van der Waals surface area (Å²) in [6, 6.07) is 2.18. The Balaban J connectivity index is 1.85. The Hall–Kier alpha value is -1.70. The molecule has 0 aliphatic carbocycles. The first-order valence-electron chi connectivity index (χ1n) is 11.9. The van der Waals surface area contributed by atoms with Gasteiger partial charge in [0.2, 0.25) is 5.88 Å². The van der Waals surface area contributed by atoms with Crippen molar-refractivity contribution >= 4 is 19.9 Å². The van der Waals surface area contributed by atoms with Crippen molar-refractivity contribution in [2.45, 2.75) is 89.5 Å². The van der Waals surface area contributed by atoms with E-state index in [1.165, 1.54) is 0 Å². The number of nitrogens with zero attached hydrogens (tertiary/aromatic N) is 1. The van der Waals surface area contributed by atoms with Gasteiger partial charge in [-0.1, -0.05) is 40.2 Å². The zero-order valence-electron chi connectivity index (χ0n) is 20.8. The summed E-state index contributed by atoms with van der Waals surface area (Å²) >= 11 is 0. The van der Waals surface area contributed by atoms with Gasteiger partial charge in [-0.3, -0.25) is 5.32 Å². The maximum absolute atomic E-state index is 13.2. The molecule has 2 aliphatic heterocycles. The number of unbranched alkanes of at least 4 members (excludes halogenated alkanes) is 1. The molecular formula is C25H40N2O4Si. The van der Waals surface area contributed by atoms with Crippen molar-refractivity contribution in [2.24, 2.45) is 0 Å². The van der Waals surface area contributed by atoms with Gasteiger partial charge in [-0.2, -0.15) is 0 Å². The molecule has 2 unspecified atom stereocenters. The van der Waals surface area contributed by atoms with Crippen LogP contribution >= 0.6 is 0 Å². The fourth-order valence-electron chi connectivity index (χ4n) is 4.21. The van der Waals surface area contributed by atoms with Gasteiger partial charge in [0.05, 0.1) is 13.7 Å². The molecule has 1 aromatic heterocycles. The van der Waals surface area contributed by atoms with Crippen LogP contribution in [0.15, 0.2) is 18.3 Å². The fraction of sp³-hybridized carbons (Fsp3) is 0.680. The van der Waals surface area contributed by atoms with Gasteiger partial charge >= 0.3 is 5.97 Å². The lowest BCUT2D eigenvalue weighted by Gasteiger charge is -2.36. The number of fused-ring (bicyclic) bond motifs is 2. The van der Waals surface area contributed by atoms with Crippen LogP contribution in [0.1, 0.15) is 64.5 Å². The molecule has 6 nitrogen and oxygen atoms in total. The van der Waals surface area contributed by atoms with Gasteiger partial charge in [-0.05, 0) is 55.0 Å². The van der Waals surface area contributed by atoms with Crippen LogP contribution in [-0.4, -0.2) is 51.2 Å². The standard InChI is InChI=1S/C25H40N2O4Si/c1-8-9-13-30-23(28)25-12-10-19(27-25)16-21(25)20-17-26-22(29-5)15-18(20)11-14-31-32(6,7)24(2,3)4/h15-17,19,27H,8-14H2,1-7H3. The van der Waals surface area contributed by atoms with E-state index in [1.54, 1.807) is 7.11 Å². The summed E-state index contributed by atoms with van der Waals surface area (Å²) in [6.45, 7) is 14.5. The average Bonchev–Trinajstić information content (AvgIpc) is 3.33. The highest BCUT2D eigenvalue weighted by atomic mass is 28.4. The summed E-state index contributed by atoms with van der Waals surface area (Å²) in [7, 11) is -0.214. The molecule has 3 rings (SSSR count). The first-order valence-corrected chi connectivity index (χ1v) is 14.8. The number of carbonyl (C=O) groups excluding carboxylic acids is 1. The largest absolute Gasteiger partial charge is 0.481 e. The highest BCUT2D eigenvalue weighted by Gasteiger charge is 2.53. The lowest BCUT2D eigenvalue weighted by molar-refractivity contribution is -0.148. The van der Waals surface area contributed by atoms with Gasteiger partial charge in [-0.15, -0.1) is 0 Å². The molecule has 0 spiro atoms. The minimum atomic E-state index is -1.84. The van der Waals surface area contributed by atoms with E-state index >= 15 is 0 Å². The molecule has 2 bridgehead atoms. The van der Waals surface area contributed by atoms with Crippen molar-refractivity contribution in [1.82, 2.24) is 10.3 Å². The number of esters is 1. The van der Waals surface area contributed by atoms with Crippen LogP contribution in [0, 0.1) is 0 Å². The highest BCUT2D eigenvalue weighted by molar-refractivity contribution is 6.74. The summed E-state index contributed by atoms with van der Waals surface area (Å²) < 4.78 is 17.5. The molecule has 2 atom stereocenters. The Kier molecular flexibility index (Phi) is 7.52. The third kappa shape index (κ3) is 4.95. The van der Waals surface area contributed by atoms with E-state index < -0.39 is 13.9 Å². The predicted molar refractivity (Wildman–Crippen MR) is 130 cm³/mol. The number of ether oxygens (including phenoxy) is 2. The van der Waals surface area contributed by atoms with Crippen molar-refractivity contribution in [3.05, 3.63) is 29.5 Å². The van der Waals surface area contributed by atoms with Gasteiger partial charge < -0.3 is 13.9 Å². The van der Waals surface area contributed by atoms with Gasteiger partial charge in [-0.25, -0.2) is 9.78 Å². The molecule has 32 heavy (non-hydrogen) atoms. The van der Waals surface area contributed by atoms with Crippen molar-refractivity contribution in [3.63, 3.8) is 0 Å². The maximum Gasteiger partial charge on any atom is 0.331 e. The van der Waals surface area contributed by atoms with Crippen molar-refractivity contribution in [2.75, 3.05) is 20.3 Å². The van der Waals surface area contributed by atoms with Crippen molar-refractivity contribution in [1.29, 1.82) is 0 Å². The Morgan fingerprint density at radius 1 is 1.31 bits per heavy atom. The van der Waals surface area contributed by atoms with Crippen LogP contribution in [0.3, 0.4) is 0 Å². The molecule has 1 fully saturated rings. The quantitative estimate of drug-likeness (QED) is 0.305. The molecule has 0 radical (unpaired) electrons. The maximum atomic E-state index is 13.2. The lowest BCUT2D eigenvalue weighted by Crippen LogP contribution is -2.48. The number of hydrogen-bond donors (Lipinski definition) is 1. The number of aromatic nitrogens is 1. The van der Waals surface area contributed by atoms with Crippen molar-refractivity contribution in [3.8, 4) is 5.88 Å². The monoisotopic (exact) mass is 460 g/mol. The van der Waals surface area contributed by atoms with E-state index in [2.05, 4.69) is 57.2 Å². The van der Waals surface area contributed by atoms with E-state index in [9.17, 15) is 4.79 Å². The predicted octanol–water partition coefficient (Wildman–Crippen LogP) is 4.89. The number of methoxy groups -OCH3 is 1. The van der Waals surface area contributed by atoms with E-state index in [0.29, 0.717) is 19.1 Å².